The average molecular weight is 238 g/mol. The number of esters is 1. The fourth-order valence-electron chi connectivity index (χ4n) is 3.35. The highest BCUT2D eigenvalue weighted by Crippen LogP contribution is 2.54. The molecule has 0 radical (unpaired) electrons. The van der Waals surface area contributed by atoms with E-state index in [1.807, 2.05) is 6.92 Å². The van der Waals surface area contributed by atoms with E-state index in [4.69, 9.17) is 9.47 Å². The van der Waals surface area contributed by atoms with E-state index in [-0.39, 0.29) is 23.6 Å². The van der Waals surface area contributed by atoms with Crippen LogP contribution in [0.1, 0.15) is 26.2 Å². The quantitative estimate of drug-likeness (QED) is 0.687. The third-order valence-electron chi connectivity index (χ3n) is 4.16. The second-order valence-corrected chi connectivity index (χ2v) is 5.04. The van der Waals surface area contributed by atoms with Crippen LogP contribution in [0.3, 0.4) is 0 Å². The van der Waals surface area contributed by atoms with E-state index in [9.17, 15) is 9.59 Å². The molecule has 0 spiro atoms. The van der Waals surface area contributed by atoms with Crippen molar-refractivity contribution in [1.82, 2.24) is 0 Å². The number of hydrogen-bond acceptors (Lipinski definition) is 4. The van der Waals surface area contributed by atoms with Crippen LogP contribution in [-0.2, 0) is 19.1 Å². The van der Waals surface area contributed by atoms with Gasteiger partial charge in [-0.2, -0.15) is 0 Å². The van der Waals surface area contributed by atoms with Crippen LogP contribution in [0.15, 0.2) is 11.8 Å². The Hall–Kier alpha value is -1.32. The van der Waals surface area contributed by atoms with Gasteiger partial charge < -0.3 is 9.47 Å². The first-order valence-electron chi connectivity index (χ1n) is 5.92. The molecule has 3 unspecified atom stereocenters. The zero-order valence-electron chi connectivity index (χ0n) is 10.5. The van der Waals surface area contributed by atoms with Crippen molar-refractivity contribution in [1.29, 1.82) is 0 Å². The minimum atomic E-state index is -0.689. The zero-order chi connectivity index (χ0) is 12.6. The molecule has 2 aliphatic rings. The first-order chi connectivity index (χ1) is 8.05. The average Bonchev–Trinajstić information content (AvgIpc) is 2.67. The SMILES string of the molecule is COC(=O)C12CCC(C)C1C(=O)C=C(OC)C2. The van der Waals surface area contributed by atoms with Gasteiger partial charge in [-0.25, -0.2) is 0 Å². The Balaban J connectivity index is 2.43. The Morgan fingerprint density at radius 1 is 1.47 bits per heavy atom. The van der Waals surface area contributed by atoms with Crippen LogP contribution in [-0.4, -0.2) is 26.0 Å². The normalized spacial score (nSPS) is 36.2. The number of fused-ring (bicyclic) bond motifs is 1. The molecule has 0 heterocycles. The lowest BCUT2D eigenvalue weighted by molar-refractivity contribution is -0.159. The summed E-state index contributed by atoms with van der Waals surface area (Å²) in [6, 6.07) is 0. The highest BCUT2D eigenvalue weighted by molar-refractivity contribution is 5.99. The number of ether oxygens (including phenoxy) is 2. The van der Waals surface area contributed by atoms with Crippen molar-refractivity contribution in [3.05, 3.63) is 11.8 Å². The molecule has 0 N–H and O–H groups in total. The summed E-state index contributed by atoms with van der Waals surface area (Å²) in [6.07, 6.45) is 3.61. The molecule has 0 aliphatic heterocycles. The molecule has 17 heavy (non-hydrogen) atoms. The van der Waals surface area contributed by atoms with Crippen molar-refractivity contribution in [3.8, 4) is 0 Å². The van der Waals surface area contributed by atoms with Crippen molar-refractivity contribution in [3.63, 3.8) is 0 Å². The molecule has 2 aliphatic carbocycles. The number of hydrogen-bond donors (Lipinski definition) is 0. The molecule has 0 aromatic rings. The fraction of sp³-hybridized carbons (Fsp3) is 0.692. The Bertz CT molecular complexity index is 385. The third-order valence-corrected chi connectivity index (χ3v) is 4.16. The van der Waals surface area contributed by atoms with Gasteiger partial charge in [0, 0.05) is 18.4 Å². The Morgan fingerprint density at radius 2 is 2.18 bits per heavy atom. The van der Waals surface area contributed by atoms with Gasteiger partial charge in [0.2, 0.25) is 0 Å². The lowest BCUT2D eigenvalue weighted by Gasteiger charge is -2.36. The standard InChI is InChI=1S/C13H18O4/c1-8-4-5-13(12(15)17-3)7-9(16-2)6-10(14)11(8)13/h6,8,11H,4-5,7H2,1-3H3. The summed E-state index contributed by atoms with van der Waals surface area (Å²) in [6.45, 7) is 2.03. The predicted octanol–water partition coefficient (Wildman–Crippen LogP) is 1.70. The van der Waals surface area contributed by atoms with Crippen molar-refractivity contribution in [2.75, 3.05) is 14.2 Å². The van der Waals surface area contributed by atoms with Crippen molar-refractivity contribution >= 4 is 11.8 Å². The molecule has 94 valence electrons. The van der Waals surface area contributed by atoms with E-state index < -0.39 is 5.41 Å². The Kier molecular flexibility index (Phi) is 2.98. The second kappa shape index (κ2) is 4.17. The number of rotatable bonds is 2. The molecular formula is C13H18O4. The lowest BCUT2D eigenvalue weighted by Crippen LogP contribution is -2.44. The molecule has 0 aromatic carbocycles. The molecule has 1 fully saturated rings. The van der Waals surface area contributed by atoms with E-state index in [0.717, 1.165) is 6.42 Å². The van der Waals surface area contributed by atoms with Gasteiger partial charge in [0.1, 0.15) is 5.76 Å². The minimum absolute atomic E-state index is 0.00324. The molecule has 0 saturated heterocycles. The maximum absolute atomic E-state index is 12.1. The first kappa shape index (κ1) is 12.1. The summed E-state index contributed by atoms with van der Waals surface area (Å²) in [5.41, 5.74) is -0.689. The summed E-state index contributed by atoms with van der Waals surface area (Å²) in [5, 5.41) is 0. The van der Waals surface area contributed by atoms with E-state index in [0.29, 0.717) is 18.6 Å². The van der Waals surface area contributed by atoms with Crippen LogP contribution < -0.4 is 0 Å². The molecule has 0 aromatic heterocycles. The van der Waals surface area contributed by atoms with Crippen LogP contribution >= 0.6 is 0 Å². The minimum Gasteiger partial charge on any atom is -0.501 e. The maximum atomic E-state index is 12.1. The van der Waals surface area contributed by atoms with Crippen molar-refractivity contribution < 1.29 is 19.1 Å². The summed E-state index contributed by atoms with van der Waals surface area (Å²) >= 11 is 0. The third kappa shape index (κ3) is 1.66. The summed E-state index contributed by atoms with van der Waals surface area (Å²) < 4.78 is 10.1. The summed E-state index contributed by atoms with van der Waals surface area (Å²) in [7, 11) is 2.91. The zero-order valence-corrected chi connectivity index (χ0v) is 10.5. The number of carbonyl (C=O) groups excluding carboxylic acids is 2. The maximum Gasteiger partial charge on any atom is 0.313 e. The molecule has 2 rings (SSSR count). The molecule has 0 amide bonds. The number of carbonyl (C=O) groups is 2. The van der Waals surface area contributed by atoms with Gasteiger partial charge in [0.05, 0.1) is 19.6 Å². The predicted molar refractivity (Wildman–Crippen MR) is 61.1 cm³/mol. The van der Waals surface area contributed by atoms with Gasteiger partial charge in [0.15, 0.2) is 5.78 Å². The van der Waals surface area contributed by atoms with Crippen LogP contribution in [0.5, 0.6) is 0 Å². The van der Waals surface area contributed by atoms with Crippen LogP contribution in [0.25, 0.3) is 0 Å². The van der Waals surface area contributed by atoms with Crippen LogP contribution in [0, 0.1) is 17.3 Å². The smallest absolute Gasteiger partial charge is 0.313 e. The van der Waals surface area contributed by atoms with Crippen LogP contribution in [0.2, 0.25) is 0 Å². The van der Waals surface area contributed by atoms with Gasteiger partial charge in [-0.05, 0) is 18.8 Å². The van der Waals surface area contributed by atoms with Gasteiger partial charge >= 0.3 is 5.97 Å². The topological polar surface area (TPSA) is 52.6 Å². The van der Waals surface area contributed by atoms with E-state index >= 15 is 0 Å². The number of ketones is 1. The highest BCUT2D eigenvalue weighted by Gasteiger charge is 2.57. The Labute approximate surface area is 101 Å². The summed E-state index contributed by atoms with van der Waals surface area (Å²) in [5.74, 6) is 0.308. The monoisotopic (exact) mass is 238 g/mol. The van der Waals surface area contributed by atoms with Gasteiger partial charge in [-0.15, -0.1) is 0 Å². The van der Waals surface area contributed by atoms with Gasteiger partial charge in [-0.1, -0.05) is 6.92 Å². The van der Waals surface area contributed by atoms with E-state index in [1.54, 1.807) is 0 Å². The van der Waals surface area contributed by atoms with E-state index in [1.165, 1.54) is 20.3 Å². The molecule has 1 saturated carbocycles. The van der Waals surface area contributed by atoms with E-state index in [2.05, 4.69) is 0 Å². The second-order valence-electron chi connectivity index (χ2n) is 5.04. The first-order valence-corrected chi connectivity index (χ1v) is 5.92. The van der Waals surface area contributed by atoms with Crippen LogP contribution in [0.4, 0.5) is 0 Å². The highest BCUT2D eigenvalue weighted by atomic mass is 16.5. The fourth-order valence-corrected chi connectivity index (χ4v) is 3.35. The van der Waals surface area contributed by atoms with Crippen molar-refractivity contribution in [2.24, 2.45) is 17.3 Å². The molecule has 0 bridgehead atoms. The van der Waals surface area contributed by atoms with Crippen molar-refractivity contribution in [2.45, 2.75) is 26.2 Å². The number of allylic oxidation sites excluding steroid dienone is 2. The van der Waals surface area contributed by atoms with Gasteiger partial charge in [0.25, 0.3) is 0 Å². The molecule has 4 heteroatoms. The molecule has 3 atom stereocenters. The van der Waals surface area contributed by atoms with Gasteiger partial charge in [-0.3, -0.25) is 9.59 Å². The summed E-state index contributed by atoms with van der Waals surface area (Å²) in [4.78, 5) is 24.2. The largest absolute Gasteiger partial charge is 0.501 e. The lowest BCUT2D eigenvalue weighted by atomic mass is 9.67. The Morgan fingerprint density at radius 3 is 2.76 bits per heavy atom. The molecule has 4 nitrogen and oxygen atoms in total. The molecular weight excluding hydrogens is 220 g/mol. The number of methoxy groups -OCH3 is 2.